The molecule has 8 nitrogen and oxygen atoms in total. The normalized spacial score (nSPS) is 17.8. The van der Waals surface area contributed by atoms with Gasteiger partial charge in [0, 0.05) is 42.9 Å². The van der Waals surface area contributed by atoms with Crippen molar-refractivity contribution in [2.24, 2.45) is 5.10 Å². The molecule has 2 aliphatic heterocycles. The Hall–Kier alpha value is -3.59. The van der Waals surface area contributed by atoms with Crippen LogP contribution in [0.3, 0.4) is 0 Å². The first-order valence-corrected chi connectivity index (χ1v) is 13.3. The van der Waals surface area contributed by atoms with Crippen molar-refractivity contribution in [1.29, 1.82) is 0 Å². The van der Waals surface area contributed by atoms with Crippen molar-refractivity contribution in [3.8, 4) is 11.5 Å². The Balaban J connectivity index is 1.30. The number of aryl methyl sites for hydroxylation is 1. The molecule has 5 rings (SSSR count). The molecule has 1 aromatic heterocycles. The van der Waals surface area contributed by atoms with Crippen LogP contribution < -0.4 is 10.3 Å². The molecule has 3 aromatic rings. The number of thioether (sulfide) groups is 1. The number of nitrogens with zero attached hydrogens (tertiary/aromatic N) is 4. The first-order valence-electron chi connectivity index (χ1n) is 12.2. The minimum absolute atomic E-state index is 0.0847. The van der Waals surface area contributed by atoms with Crippen LogP contribution >= 0.6 is 11.8 Å². The zero-order valence-corrected chi connectivity index (χ0v) is 21.0. The van der Waals surface area contributed by atoms with Crippen molar-refractivity contribution in [3.63, 3.8) is 0 Å². The van der Waals surface area contributed by atoms with E-state index in [-0.39, 0.29) is 18.2 Å². The monoisotopic (exact) mass is 503 g/mol. The highest BCUT2D eigenvalue weighted by Gasteiger charge is 2.34. The van der Waals surface area contributed by atoms with Crippen LogP contribution in [0.4, 0.5) is 5.69 Å². The predicted molar refractivity (Wildman–Crippen MR) is 141 cm³/mol. The van der Waals surface area contributed by atoms with Crippen LogP contribution in [-0.2, 0) is 15.3 Å². The van der Waals surface area contributed by atoms with E-state index in [2.05, 4.69) is 15.5 Å². The minimum Gasteiger partial charge on any atom is -0.441 e. The second-order valence-electron chi connectivity index (χ2n) is 8.84. The van der Waals surface area contributed by atoms with Crippen LogP contribution in [0.15, 0.2) is 70.2 Å². The highest BCUT2D eigenvalue weighted by Crippen LogP contribution is 2.30. The van der Waals surface area contributed by atoms with E-state index in [4.69, 9.17) is 4.42 Å². The van der Waals surface area contributed by atoms with Crippen molar-refractivity contribution < 1.29 is 14.0 Å². The maximum atomic E-state index is 13.5. The lowest BCUT2D eigenvalue weighted by atomic mass is 10.1. The van der Waals surface area contributed by atoms with E-state index in [1.165, 1.54) is 11.8 Å². The van der Waals surface area contributed by atoms with E-state index >= 15 is 0 Å². The molecular weight excluding hydrogens is 474 g/mol. The highest BCUT2D eigenvalue weighted by atomic mass is 32.2. The number of aromatic nitrogens is 1. The van der Waals surface area contributed by atoms with E-state index in [1.54, 1.807) is 4.90 Å². The SMILES string of the molecule is Cc1oc(-c2ccccc2)nc1CS[C@@H]1NN=C(CCC(=O)N2CCCC2)C(=O)N1c1ccccc1. The number of benzene rings is 2. The van der Waals surface area contributed by atoms with Gasteiger partial charge in [-0.05, 0) is 44.0 Å². The van der Waals surface area contributed by atoms with Crippen molar-refractivity contribution in [2.45, 2.75) is 43.9 Å². The summed E-state index contributed by atoms with van der Waals surface area (Å²) in [6.07, 6.45) is 2.69. The Morgan fingerprint density at radius 1 is 1.08 bits per heavy atom. The molecule has 1 fully saturated rings. The van der Waals surface area contributed by atoms with E-state index in [0.29, 0.717) is 23.8 Å². The second kappa shape index (κ2) is 11.0. The molecule has 0 bridgehead atoms. The zero-order chi connectivity index (χ0) is 24.9. The number of likely N-dealkylation sites (tertiary alicyclic amines) is 1. The molecule has 0 unspecified atom stereocenters. The molecule has 0 radical (unpaired) electrons. The summed E-state index contributed by atoms with van der Waals surface area (Å²) in [6, 6.07) is 19.3. The molecule has 1 N–H and O–H groups in total. The zero-order valence-electron chi connectivity index (χ0n) is 20.2. The van der Waals surface area contributed by atoms with Crippen LogP contribution in [0.5, 0.6) is 0 Å². The fourth-order valence-corrected chi connectivity index (χ4v) is 5.45. The summed E-state index contributed by atoms with van der Waals surface area (Å²) >= 11 is 1.52. The fraction of sp³-hybridized carbons (Fsp3) is 0.333. The lowest BCUT2D eigenvalue weighted by Crippen LogP contribution is -2.53. The number of anilines is 1. The summed E-state index contributed by atoms with van der Waals surface area (Å²) < 4.78 is 5.90. The Kier molecular flexibility index (Phi) is 7.36. The van der Waals surface area contributed by atoms with Crippen LogP contribution in [0.25, 0.3) is 11.5 Å². The number of hydrogen-bond donors (Lipinski definition) is 1. The quantitative estimate of drug-likeness (QED) is 0.485. The number of oxazole rings is 1. The second-order valence-corrected chi connectivity index (χ2v) is 9.91. The molecular formula is C27H29N5O3S. The smallest absolute Gasteiger partial charge is 0.276 e. The average molecular weight is 504 g/mol. The summed E-state index contributed by atoms with van der Waals surface area (Å²) in [7, 11) is 0. The number of hydrazone groups is 1. The molecule has 2 amide bonds. The van der Waals surface area contributed by atoms with Gasteiger partial charge in [0.2, 0.25) is 11.8 Å². The molecule has 3 heterocycles. The first-order chi connectivity index (χ1) is 17.6. The molecule has 0 saturated carbocycles. The lowest BCUT2D eigenvalue weighted by molar-refractivity contribution is -0.129. The Bertz CT molecular complexity index is 1240. The lowest BCUT2D eigenvalue weighted by Gasteiger charge is -2.34. The van der Waals surface area contributed by atoms with Gasteiger partial charge < -0.3 is 9.32 Å². The highest BCUT2D eigenvalue weighted by molar-refractivity contribution is 7.99. The Labute approximate surface area is 214 Å². The van der Waals surface area contributed by atoms with Gasteiger partial charge in [-0.25, -0.2) is 4.98 Å². The van der Waals surface area contributed by atoms with Gasteiger partial charge in [0.25, 0.3) is 5.91 Å². The summed E-state index contributed by atoms with van der Waals surface area (Å²) in [5.74, 6) is 1.77. The predicted octanol–water partition coefficient (Wildman–Crippen LogP) is 4.56. The topological polar surface area (TPSA) is 91.0 Å². The molecule has 2 aliphatic rings. The van der Waals surface area contributed by atoms with Gasteiger partial charge in [-0.2, -0.15) is 5.10 Å². The van der Waals surface area contributed by atoms with Crippen molar-refractivity contribution in [2.75, 3.05) is 18.0 Å². The van der Waals surface area contributed by atoms with Crippen LogP contribution in [0.1, 0.15) is 37.1 Å². The van der Waals surface area contributed by atoms with Gasteiger partial charge in [0.15, 0.2) is 5.50 Å². The molecule has 36 heavy (non-hydrogen) atoms. The molecule has 0 aliphatic carbocycles. The summed E-state index contributed by atoms with van der Waals surface area (Å²) in [5, 5.41) is 4.39. The number of rotatable bonds is 8. The Morgan fingerprint density at radius 3 is 2.50 bits per heavy atom. The van der Waals surface area contributed by atoms with Gasteiger partial charge in [-0.3, -0.25) is 19.9 Å². The fourth-order valence-electron chi connectivity index (χ4n) is 4.37. The number of hydrogen-bond acceptors (Lipinski definition) is 7. The van der Waals surface area contributed by atoms with Crippen LogP contribution in [0.2, 0.25) is 0 Å². The van der Waals surface area contributed by atoms with Crippen LogP contribution in [0, 0.1) is 6.92 Å². The third-order valence-electron chi connectivity index (χ3n) is 6.37. The van der Waals surface area contributed by atoms with Crippen LogP contribution in [-0.4, -0.2) is 46.0 Å². The largest absolute Gasteiger partial charge is 0.441 e. The van der Waals surface area contributed by atoms with Gasteiger partial charge in [0.05, 0.1) is 5.69 Å². The van der Waals surface area contributed by atoms with E-state index in [9.17, 15) is 9.59 Å². The maximum Gasteiger partial charge on any atom is 0.276 e. The average Bonchev–Trinajstić information content (AvgIpc) is 3.58. The number of nitrogens with one attached hydrogen (secondary N) is 1. The van der Waals surface area contributed by atoms with Gasteiger partial charge >= 0.3 is 0 Å². The van der Waals surface area contributed by atoms with Crippen molar-refractivity contribution >= 4 is 35.0 Å². The molecule has 1 saturated heterocycles. The number of para-hydroxylation sites is 1. The van der Waals surface area contributed by atoms with E-state index in [1.807, 2.05) is 72.5 Å². The number of carbonyl (C=O) groups is 2. The number of carbonyl (C=O) groups excluding carboxylic acids is 2. The van der Waals surface area contributed by atoms with E-state index < -0.39 is 5.50 Å². The summed E-state index contributed by atoms with van der Waals surface area (Å²) in [6.45, 7) is 3.51. The summed E-state index contributed by atoms with van der Waals surface area (Å²) in [5.41, 5.74) is 5.61. The summed E-state index contributed by atoms with van der Waals surface area (Å²) in [4.78, 5) is 34.3. The molecule has 186 valence electrons. The van der Waals surface area contributed by atoms with Gasteiger partial charge in [-0.1, -0.05) is 36.4 Å². The molecule has 9 heteroatoms. The van der Waals surface area contributed by atoms with E-state index in [0.717, 1.165) is 48.6 Å². The third-order valence-corrected chi connectivity index (χ3v) is 7.44. The molecule has 0 spiro atoms. The van der Waals surface area contributed by atoms with Gasteiger partial charge in [0.1, 0.15) is 11.5 Å². The Morgan fingerprint density at radius 2 is 1.78 bits per heavy atom. The standard InChI is InChI=1S/C27H29N5O3S/c1-19-23(28-25(35-19)20-10-4-2-5-11-20)18-36-27-30-29-22(14-15-24(33)31-16-8-9-17-31)26(34)32(27)21-12-6-3-7-13-21/h2-7,10-13,27,30H,8-9,14-18H2,1H3/t27-/m1/s1. The minimum atomic E-state index is -0.422. The molecule has 2 aromatic carbocycles. The maximum absolute atomic E-state index is 13.5. The van der Waals surface area contributed by atoms with Crippen molar-refractivity contribution in [1.82, 2.24) is 15.3 Å². The molecule has 1 atom stereocenters. The van der Waals surface area contributed by atoms with Crippen molar-refractivity contribution in [3.05, 3.63) is 72.1 Å². The number of amides is 2. The first kappa shape index (κ1) is 24.1. The third kappa shape index (κ3) is 5.31. The van der Waals surface area contributed by atoms with Gasteiger partial charge in [-0.15, -0.1) is 11.8 Å².